The molecule has 2 rings (SSSR count). The predicted molar refractivity (Wildman–Crippen MR) is 73.0 cm³/mol. The first kappa shape index (κ1) is 14.3. The molecule has 7 heteroatoms. The molecule has 0 radical (unpaired) electrons. The van der Waals surface area contributed by atoms with E-state index in [0.29, 0.717) is 16.6 Å². The van der Waals surface area contributed by atoms with Gasteiger partial charge in [-0.1, -0.05) is 17.7 Å². The number of hydrogen-bond donors (Lipinski definition) is 1. The summed E-state index contributed by atoms with van der Waals surface area (Å²) in [6.45, 7) is 1.57. The fraction of sp³-hybridized carbons (Fsp3) is 0.308. The van der Waals surface area contributed by atoms with E-state index in [0.717, 1.165) is 0 Å². The second kappa shape index (κ2) is 5.50. The van der Waals surface area contributed by atoms with E-state index in [2.05, 4.69) is 10.1 Å². The van der Waals surface area contributed by atoms with Crippen LogP contribution >= 0.6 is 11.6 Å². The van der Waals surface area contributed by atoms with Crippen LogP contribution in [0.1, 0.15) is 12.6 Å². The van der Waals surface area contributed by atoms with Gasteiger partial charge >= 0.3 is 5.97 Å². The molecular formula is C13H14ClN3O3. The highest BCUT2D eigenvalue weighted by Gasteiger charge is 2.37. The molecule has 20 heavy (non-hydrogen) atoms. The van der Waals surface area contributed by atoms with Crippen molar-refractivity contribution in [2.75, 3.05) is 7.11 Å². The number of rotatable bonds is 5. The highest BCUT2D eigenvalue weighted by Crippen LogP contribution is 2.23. The Morgan fingerprint density at radius 1 is 1.55 bits per heavy atom. The maximum absolute atomic E-state index is 11.6. The lowest BCUT2D eigenvalue weighted by molar-refractivity contribution is -0.147. The molecule has 1 unspecified atom stereocenters. The highest BCUT2D eigenvalue weighted by atomic mass is 35.5. The molecule has 1 atom stereocenters. The van der Waals surface area contributed by atoms with Crippen LogP contribution in [0.3, 0.4) is 0 Å². The molecule has 2 aromatic rings. The van der Waals surface area contributed by atoms with Gasteiger partial charge in [-0.15, -0.1) is 0 Å². The van der Waals surface area contributed by atoms with Crippen LogP contribution < -0.4 is 4.74 Å². The van der Waals surface area contributed by atoms with Crippen molar-refractivity contribution >= 4 is 17.6 Å². The minimum Gasteiger partial charge on any atom is -0.481 e. The molecule has 0 spiro atoms. The molecule has 0 aliphatic rings. The number of methoxy groups -OCH3 is 1. The number of hydrogen-bond acceptors (Lipinski definition) is 4. The van der Waals surface area contributed by atoms with Crippen LogP contribution in [0.15, 0.2) is 30.6 Å². The Balaban J connectivity index is 2.36. The van der Waals surface area contributed by atoms with Gasteiger partial charge in [0.05, 0.1) is 18.3 Å². The summed E-state index contributed by atoms with van der Waals surface area (Å²) in [6, 6.07) is 5.21. The lowest BCUT2D eigenvalue weighted by atomic mass is 9.96. The fourth-order valence-corrected chi connectivity index (χ4v) is 1.98. The maximum Gasteiger partial charge on any atom is 0.331 e. The van der Waals surface area contributed by atoms with Crippen molar-refractivity contribution in [2.45, 2.75) is 18.9 Å². The van der Waals surface area contributed by atoms with E-state index in [4.69, 9.17) is 16.3 Å². The van der Waals surface area contributed by atoms with E-state index >= 15 is 0 Å². The van der Waals surface area contributed by atoms with E-state index in [-0.39, 0.29) is 6.42 Å². The minimum atomic E-state index is -1.27. The topological polar surface area (TPSA) is 77.2 Å². The highest BCUT2D eigenvalue weighted by molar-refractivity contribution is 6.30. The molecule has 1 N–H and O–H groups in total. The number of carboxylic acid groups (broad SMARTS) is 1. The third-order valence-corrected chi connectivity index (χ3v) is 3.23. The summed E-state index contributed by atoms with van der Waals surface area (Å²) in [4.78, 5) is 15.9. The number of aliphatic carboxylic acids is 1. The summed E-state index contributed by atoms with van der Waals surface area (Å²) in [5.41, 5.74) is -0.673. The number of nitrogens with zero attached hydrogens (tertiary/aromatic N) is 3. The summed E-state index contributed by atoms with van der Waals surface area (Å²) in [5, 5.41) is 13.9. The average Bonchev–Trinajstić information content (AvgIpc) is 2.86. The van der Waals surface area contributed by atoms with Gasteiger partial charge in [0, 0.05) is 24.4 Å². The molecule has 0 aliphatic carbocycles. The quantitative estimate of drug-likeness (QED) is 0.912. The third-order valence-electron chi connectivity index (χ3n) is 3.03. The number of ether oxygens (including phenoxy) is 1. The van der Waals surface area contributed by atoms with Crippen molar-refractivity contribution in [1.82, 2.24) is 14.8 Å². The Hall–Kier alpha value is -2.08. The summed E-state index contributed by atoms with van der Waals surface area (Å²) in [7, 11) is 1.51. The smallest absolute Gasteiger partial charge is 0.331 e. The number of pyridine rings is 1. The Kier molecular flexibility index (Phi) is 3.94. The number of carbonyl (C=O) groups is 1. The van der Waals surface area contributed by atoms with Gasteiger partial charge in [0.2, 0.25) is 5.88 Å². The SMILES string of the molecule is COc1cccc(CC(C)(C(=O)O)n2cc(Cl)cn2)n1. The fourth-order valence-electron chi connectivity index (χ4n) is 1.85. The molecular weight excluding hydrogens is 282 g/mol. The van der Waals surface area contributed by atoms with E-state index in [9.17, 15) is 9.90 Å². The van der Waals surface area contributed by atoms with E-state index in [1.807, 2.05) is 0 Å². The van der Waals surface area contributed by atoms with Gasteiger partial charge in [0.15, 0.2) is 5.54 Å². The second-order valence-electron chi connectivity index (χ2n) is 4.53. The first-order chi connectivity index (χ1) is 9.45. The minimum absolute atomic E-state index is 0.164. The van der Waals surface area contributed by atoms with Crippen LogP contribution in [0.2, 0.25) is 5.02 Å². The van der Waals surface area contributed by atoms with Crippen molar-refractivity contribution in [1.29, 1.82) is 0 Å². The molecule has 0 aromatic carbocycles. The number of halogens is 1. The van der Waals surface area contributed by atoms with Crippen LogP contribution in [-0.4, -0.2) is 33.0 Å². The van der Waals surface area contributed by atoms with Gasteiger partial charge in [-0.2, -0.15) is 5.10 Å². The van der Waals surface area contributed by atoms with Gasteiger partial charge in [0.25, 0.3) is 0 Å². The Bertz CT molecular complexity index is 629. The van der Waals surface area contributed by atoms with E-state index in [1.165, 1.54) is 24.2 Å². The Morgan fingerprint density at radius 3 is 2.85 bits per heavy atom. The first-order valence-electron chi connectivity index (χ1n) is 5.89. The van der Waals surface area contributed by atoms with Crippen molar-refractivity contribution in [3.63, 3.8) is 0 Å². The summed E-state index contributed by atoms with van der Waals surface area (Å²) in [5.74, 6) is -0.573. The molecule has 0 aliphatic heterocycles. The van der Waals surface area contributed by atoms with Gasteiger partial charge < -0.3 is 9.84 Å². The van der Waals surface area contributed by atoms with Crippen LogP contribution in [-0.2, 0) is 16.8 Å². The second-order valence-corrected chi connectivity index (χ2v) is 4.97. The van der Waals surface area contributed by atoms with E-state index < -0.39 is 11.5 Å². The van der Waals surface area contributed by atoms with Crippen LogP contribution in [0.5, 0.6) is 5.88 Å². The first-order valence-corrected chi connectivity index (χ1v) is 6.27. The molecule has 106 valence electrons. The van der Waals surface area contributed by atoms with Gasteiger partial charge in [-0.3, -0.25) is 4.68 Å². The molecule has 2 aromatic heterocycles. The zero-order valence-corrected chi connectivity index (χ0v) is 11.8. The summed E-state index contributed by atoms with van der Waals surface area (Å²) >= 11 is 5.81. The number of aromatic nitrogens is 3. The van der Waals surface area contributed by atoms with Crippen LogP contribution in [0, 0.1) is 0 Å². The molecule has 0 saturated heterocycles. The molecule has 0 fully saturated rings. The van der Waals surface area contributed by atoms with Crippen LogP contribution in [0.25, 0.3) is 0 Å². The van der Waals surface area contributed by atoms with Crippen molar-refractivity contribution in [3.05, 3.63) is 41.3 Å². The van der Waals surface area contributed by atoms with Gasteiger partial charge in [-0.05, 0) is 13.0 Å². The van der Waals surface area contributed by atoms with Gasteiger partial charge in [0.1, 0.15) is 0 Å². The zero-order chi connectivity index (χ0) is 14.8. The maximum atomic E-state index is 11.6. The Morgan fingerprint density at radius 2 is 2.30 bits per heavy atom. The lowest BCUT2D eigenvalue weighted by Gasteiger charge is -2.25. The van der Waals surface area contributed by atoms with Crippen molar-refractivity contribution in [3.8, 4) is 5.88 Å². The van der Waals surface area contributed by atoms with Crippen LogP contribution in [0.4, 0.5) is 0 Å². The Labute approximate surface area is 121 Å². The monoisotopic (exact) mass is 295 g/mol. The summed E-state index contributed by atoms with van der Waals surface area (Å²) in [6.07, 6.45) is 3.05. The molecule has 2 heterocycles. The van der Waals surface area contributed by atoms with Crippen molar-refractivity contribution < 1.29 is 14.6 Å². The lowest BCUT2D eigenvalue weighted by Crippen LogP contribution is -2.41. The molecule has 0 amide bonds. The third kappa shape index (κ3) is 2.75. The zero-order valence-electron chi connectivity index (χ0n) is 11.1. The normalized spacial score (nSPS) is 13.8. The molecule has 6 nitrogen and oxygen atoms in total. The molecule has 0 saturated carbocycles. The number of carboxylic acids is 1. The predicted octanol–water partition coefficient (Wildman–Crippen LogP) is 1.98. The molecule has 0 bridgehead atoms. The largest absolute Gasteiger partial charge is 0.481 e. The van der Waals surface area contributed by atoms with Crippen molar-refractivity contribution in [2.24, 2.45) is 0 Å². The standard InChI is InChI=1S/C13H14ClN3O3/c1-13(12(18)19,17-8-9(14)7-15-17)6-10-4-3-5-11(16-10)20-2/h3-5,7-8H,6H2,1-2H3,(H,18,19). The van der Waals surface area contributed by atoms with E-state index in [1.54, 1.807) is 25.1 Å². The average molecular weight is 296 g/mol. The van der Waals surface area contributed by atoms with Gasteiger partial charge in [-0.25, -0.2) is 9.78 Å². The summed E-state index contributed by atoms with van der Waals surface area (Å²) < 4.78 is 6.37.